The van der Waals surface area contributed by atoms with Gasteiger partial charge in [0.05, 0.1) is 12.5 Å². The molecule has 0 amide bonds. The molecule has 2 fully saturated rings. The first-order valence-corrected chi connectivity index (χ1v) is 11.7. The van der Waals surface area contributed by atoms with Gasteiger partial charge in [-0.2, -0.15) is 9.97 Å². The lowest BCUT2D eigenvalue weighted by molar-refractivity contribution is 0.107. The van der Waals surface area contributed by atoms with Crippen molar-refractivity contribution in [1.29, 1.82) is 0 Å². The zero-order valence-electron chi connectivity index (χ0n) is 19.1. The number of halogens is 3. The van der Waals surface area contributed by atoms with Crippen molar-refractivity contribution in [3.8, 4) is 23.0 Å². The Balaban J connectivity index is 1.56. The first kappa shape index (κ1) is 21.9. The highest BCUT2D eigenvalue weighted by molar-refractivity contribution is 6.00. The lowest BCUT2D eigenvalue weighted by atomic mass is 9.64. The van der Waals surface area contributed by atoms with E-state index in [1.807, 2.05) is 0 Å². The summed E-state index contributed by atoms with van der Waals surface area (Å²) in [4.78, 5) is 15.2. The van der Waals surface area contributed by atoms with Crippen LogP contribution in [-0.4, -0.2) is 40.3 Å². The molecule has 2 aromatic carbocycles. The third-order valence-corrected chi connectivity index (χ3v) is 7.45. The van der Waals surface area contributed by atoms with Crippen molar-refractivity contribution in [2.75, 3.05) is 25.1 Å². The van der Waals surface area contributed by atoms with Crippen LogP contribution in [0.2, 0.25) is 0 Å². The molecule has 35 heavy (non-hydrogen) atoms. The molecule has 3 heterocycles. The second-order valence-corrected chi connectivity index (χ2v) is 9.55. The van der Waals surface area contributed by atoms with Crippen LogP contribution >= 0.6 is 0 Å². The lowest BCUT2D eigenvalue weighted by Crippen LogP contribution is -2.47. The monoisotopic (exact) mass is 480 g/mol. The summed E-state index contributed by atoms with van der Waals surface area (Å²) in [7, 11) is 1.41. The van der Waals surface area contributed by atoms with E-state index >= 15 is 4.39 Å². The van der Waals surface area contributed by atoms with Gasteiger partial charge in [0.2, 0.25) is 0 Å². The zero-order chi connectivity index (χ0) is 24.3. The van der Waals surface area contributed by atoms with Gasteiger partial charge in [0.1, 0.15) is 22.8 Å². The van der Waals surface area contributed by atoms with Crippen LogP contribution in [-0.2, 0) is 0 Å². The number of piperidine rings is 1. The number of hydrogen-bond acceptors (Lipinski definition) is 6. The van der Waals surface area contributed by atoms with Crippen LogP contribution in [0.15, 0.2) is 30.5 Å². The van der Waals surface area contributed by atoms with Crippen molar-refractivity contribution in [3.63, 3.8) is 0 Å². The molecule has 1 aliphatic heterocycles. The number of pyridine rings is 1. The first-order valence-electron chi connectivity index (χ1n) is 11.7. The molecule has 1 saturated carbocycles. The van der Waals surface area contributed by atoms with Gasteiger partial charge >= 0.3 is 6.01 Å². The Bertz CT molecular complexity index is 1490. The summed E-state index contributed by atoms with van der Waals surface area (Å²) < 4.78 is 50.2. The average molecular weight is 480 g/mol. The van der Waals surface area contributed by atoms with Crippen LogP contribution in [0, 0.1) is 22.9 Å². The highest BCUT2D eigenvalue weighted by atomic mass is 19.2. The number of fused-ring (bicyclic) bond motifs is 2. The largest absolute Gasteiger partial charge is 0.508 e. The summed E-state index contributed by atoms with van der Waals surface area (Å²) >= 11 is 0. The minimum absolute atomic E-state index is 0.00905. The molecule has 0 radical (unpaired) electrons. The van der Waals surface area contributed by atoms with E-state index in [-0.39, 0.29) is 44.7 Å². The van der Waals surface area contributed by atoms with Gasteiger partial charge in [-0.05, 0) is 54.7 Å². The van der Waals surface area contributed by atoms with Gasteiger partial charge in [-0.25, -0.2) is 13.2 Å². The maximum Gasteiger partial charge on any atom is 0.318 e. The number of phenolic OH excluding ortho intramolecular Hbond substituents is 1. The second kappa shape index (κ2) is 7.96. The van der Waals surface area contributed by atoms with Crippen molar-refractivity contribution >= 4 is 27.5 Å². The molecule has 1 saturated heterocycles. The molecule has 0 bridgehead atoms. The van der Waals surface area contributed by atoms with Crippen LogP contribution in [0.5, 0.6) is 11.8 Å². The SMILES string of the molecule is COc1nc(N2CCCC3(CCC3)C2)c2cnc(-c3cc(O)cc4ccc(F)c(F)c34)c(F)c2n1. The summed E-state index contributed by atoms with van der Waals surface area (Å²) in [6.45, 7) is 1.61. The molecule has 1 spiro atoms. The summed E-state index contributed by atoms with van der Waals surface area (Å²) in [5.74, 6) is -2.71. The van der Waals surface area contributed by atoms with E-state index in [4.69, 9.17) is 4.74 Å². The maximum absolute atomic E-state index is 16.0. The molecule has 1 aliphatic carbocycles. The van der Waals surface area contributed by atoms with Crippen LogP contribution in [0.3, 0.4) is 0 Å². The third kappa shape index (κ3) is 3.44. The van der Waals surface area contributed by atoms with Crippen molar-refractivity contribution in [1.82, 2.24) is 15.0 Å². The maximum atomic E-state index is 16.0. The second-order valence-electron chi connectivity index (χ2n) is 9.55. The number of anilines is 1. The number of rotatable bonds is 3. The van der Waals surface area contributed by atoms with E-state index in [9.17, 15) is 13.9 Å². The normalized spacial score (nSPS) is 17.2. The van der Waals surface area contributed by atoms with Crippen molar-refractivity contribution in [2.24, 2.45) is 5.41 Å². The molecule has 1 N–H and O–H groups in total. The van der Waals surface area contributed by atoms with E-state index in [0.29, 0.717) is 11.2 Å². The molecule has 6 nitrogen and oxygen atoms in total. The smallest absolute Gasteiger partial charge is 0.318 e. The van der Waals surface area contributed by atoms with E-state index in [2.05, 4.69) is 19.9 Å². The fraction of sp³-hybridized carbons (Fsp3) is 0.346. The van der Waals surface area contributed by atoms with E-state index < -0.39 is 17.5 Å². The van der Waals surface area contributed by atoms with Gasteiger partial charge in [-0.3, -0.25) is 4.98 Å². The Morgan fingerprint density at radius 2 is 1.83 bits per heavy atom. The van der Waals surface area contributed by atoms with Gasteiger partial charge in [-0.1, -0.05) is 12.5 Å². The van der Waals surface area contributed by atoms with Crippen LogP contribution < -0.4 is 9.64 Å². The predicted molar refractivity (Wildman–Crippen MR) is 126 cm³/mol. The summed E-state index contributed by atoms with van der Waals surface area (Å²) in [6.07, 6.45) is 7.21. The number of methoxy groups -OCH3 is 1. The predicted octanol–water partition coefficient (Wildman–Crippen LogP) is 5.75. The Morgan fingerprint density at radius 3 is 2.57 bits per heavy atom. The number of aromatic hydroxyl groups is 1. The molecular formula is C26H23F3N4O2. The van der Waals surface area contributed by atoms with Crippen LogP contribution in [0.1, 0.15) is 32.1 Å². The van der Waals surface area contributed by atoms with Gasteiger partial charge in [0.15, 0.2) is 17.5 Å². The number of ether oxygens (including phenoxy) is 1. The molecule has 180 valence electrons. The molecule has 0 atom stereocenters. The molecule has 0 unspecified atom stereocenters. The number of aromatic nitrogens is 3. The number of benzene rings is 2. The standard InChI is InChI=1S/C26H23F3N4O2/c1-35-25-31-23-17(24(32-25)33-9-3-8-26(13-33)6-2-7-26)12-30-22(21(23)29)16-11-15(34)10-14-4-5-18(27)20(28)19(14)16/h4-5,10-12,34H,2-3,6-9,13H2,1H3. The Kier molecular flexibility index (Phi) is 4.98. The van der Waals surface area contributed by atoms with E-state index in [1.165, 1.54) is 57.2 Å². The highest BCUT2D eigenvalue weighted by Gasteiger charge is 2.41. The lowest BCUT2D eigenvalue weighted by Gasteiger charge is -2.49. The van der Waals surface area contributed by atoms with Gasteiger partial charge in [0, 0.05) is 30.2 Å². The zero-order valence-corrected chi connectivity index (χ0v) is 19.1. The molecule has 4 aromatic rings. The fourth-order valence-electron chi connectivity index (χ4n) is 5.58. The number of nitrogens with zero attached hydrogens (tertiary/aromatic N) is 4. The Labute approximate surface area is 199 Å². The quantitative estimate of drug-likeness (QED) is 0.403. The first-order chi connectivity index (χ1) is 16.9. The van der Waals surface area contributed by atoms with Crippen LogP contribution in [0.25, 0.3) is 32.9 Å². The number of hydrogen-bond donors (Lipinski definition) is 1. The van der Waals surface area contributed by atoms with Crippen molar-refractivity contribution in [2.45, 2.75) is 32.1 Å². The Morgan fingerprint density at radius 1 is 1.03 bits per heavy atom. The van der Waals surface area contributed by atoms with E-state index in [0.717, 1.165) is 25.6 Å². The topological polar surface area (TPSA) is 71.4 Å². The average Bonchev–Trinajstić information content (AvgIpc) is 2.84. The van der Waals surface area contributed by atoms with Crippen molar-refractivity contribution < 1.29 is 23.0 Å². The molecular weight excluding hydrogens is 457 g/mol. The van der Waals surface area contributed by atoms with Crippen LogP contribution in [0.4, 0.5) is 19.0 Å². The third-order valence-electron chi connectivity index (χ3n) is 7.45. The van der Waals surface area contributed by atoms with Gasteiger partial charge in [0.25, 0.3) is 0 Å². The molecule has 2 aromatic heterocycles. The minimum atomic E-state index is -1.14. The molecule has 9 heteroatoms. The molecule has 6 rings (SSSR count). The Hall–Kier alpha value is -3.62. The van der Waals surface area contributed by atoms with E-state index in [1.54, 1.807) is 0 Å². The summed E-state index contributed by atoms with van der Waals surface area (Å²) in [5, 5.41) is 10.7. The summed E-state index contributed by atoms with van der Waals surface area (Å²) in [6, 6.07) is 4.76. The fourth-order valence-corrected chi connectivity index (χ4v) is 5.58. The van der Waals surface area contributed by atoms with Crippen molar-refractivity contribution in [3.05, 3.63) is 47.9 Å². The van der Waals surface area contributed by atoms with Gasteiger partial charge in [-0.15, -0.1) is 0 Å². The molecule has 2 aliphatic rings. The highest BCUT2D eigenvalue weighted by Crippen LogP contribution is 2.48. The van der Waals surface area contributed by atoms with Gasteiger partial charge < -0.3 is 14.7 Å². The summed E-state index contributed by atoms with van der Waals surface area (Å²) in [5.41, 5.74) is -0.0689. The number of phenols is 1. The minimum Gasteiger partial charge on any atom is -0.508 e.